The van der Waals surface area contributed by atoms with E-state index in [-0.39, 0.29) is 30.1 Å². The molecule has 0 amide bonds. The Morgan fingerprint density at radius 1 is 0.427 bits per heavy atom. The number of ether oxygens (including phenoxy) is 4. The van der Waals surface area contributed by atoms with Gasteiger partial charge in [-0.15, -0.1) is 0 Å². The summed E-state index contributed by atoms with van der Waals surface area (Å²) in [4.78, 5) is 56.5. The maximum Gasteiger partial charge on any atom is 0.488 e. The Bertz CT molecular complexity index is 3720. The van der Waals surface area contributed by atoms with Crippen LogP contribution < -0.4 is 14.9 Å². The number of hydrogen-bond donors (Lipinski definition) is 2. The lowest BCUT2D eigenvalue weighted by atomic mass is 9.80. The third-order valence-electron chi connectivity index (χ3n) is 13.0. The van der Waals surface area contributed by atoms with Crippen molar-refractivity contribution in [2.24, 2.45) is 0 Å². The monoisotopic (exact) mass is 1150 g/mol. The van der Waals surface area contributed by atoms with Crippen LogP contribution in [0.3, 0.4) is 0 Å². The SMILES string of the molecule is CC(=O)c1cc(OCc2ccccc2)c2cc(-c3ccc(CCC(=O)OCc4ccccc4)cc3)ccc2n1.CC(=O)c1cc(OCc2ccccc2)c2cc(Br)ccc2n1.O=C(CCc1ccc(B(O)O)cc1)OCc1ccccc1. The number of carbonyl (C=O) groups is 4. The van der Waals surface area contributed by atoms with E-state index in [0.717, 1.165) is 65.3 Å². The van der Waals surface area contributed by atoms with Crippen LogP contribution in [0, 0.1) is 0 Å². The third kappa shape index (κ3) is 18.0. The van der Waals surface area contributed by atoms with Crippen molar-refractivity contribution in [2.75, 3.05) is 0 Å². The second-order valence-electron chi connectivity index (χ2n) is 19.2. The van der Waals surface area contributed by atoms with E-state index in [1.54, 1.807) is 36.4 Å². The van der Waals surface area contributed by atoms with E-state index in [4.69, 9.17) is 29.0 Å². The van der Waals surface area contributed by atoms with Crippen molar-refractivity contribution in [3.63, 3.8) is 0 Å². The lowest BCUT2D eigenvalue weighted by Gasteiger charge is -2.12. The number of aromatic nitrogens is 2. The Labute approximate surface area is 485 Å². The normalized spacial score (nSPS) is 10.6. The Morgan fingerprint density at radius 2 is 0.805 bits per heavy atom. The molecule has 0 aliphatic heterocycles. The van der Waals surface area contributed by atoms with Crippen molar-refractivity contribution in [1.29, 1.82) is 0 Å². The van der Waals surface area contributed by atoms with Gasteiger partial charge in [0.25, 0.3) is 0 Å². The van der Waals surface area contributed by atoms with Crippen molar-refractivity contribution in [2.45, 2.75) is 66.0 Å². The number of pyridine rings is 2. The molecule has 0 aliphatic carbocycles. The first-order valence-electron chi connectivity index (χ1n) is 26.7. The predicted octanol–water partition coefficient (Wildman–Crippen LogP) is 13.2. The molecule has 2 heterocycles. The van der Waals surface area contributed by atoms with Gasteiger partial charge in [0.1, 0.15) is 49.3 Å². The van der Waals surface area contributed by atoms with Gasteiger partial charge < -0.3 is 29.0 Å². The highest BCUT2D eigenvalue weighted by Crippen LogP contribution is 2.32. The van der Waals surface area contributed by atoms with Crippen LogP contribution in [0.25, 0.3) is 32.9 Å². The fraction of sp³-hybridized carbons (Fsp3) is 0.147. The van der Waals surface area contributed by atoms with E-state index in [9.17, 15) is 19.2 Å². The number of aryl methyl sites for hydroxylation is 2. The van der Waals surface area contributed by atoms with Crippen molar-refractivity contribution in [3.8, 4) is 22.6 Å². The van der Waals surface area contributed by atoms with Crippen LogP contribution in [0.2, 0.25) is 0 Å². The molecular formula is C68H60BBrN2O10. The summed E-state index contributed by atoms with van der Waals surface area (Å²) < 4.78 is 23.6. The molecule has 0 radical (unpaired) electrons. The zero-order valence-electron chi connectivity index (χ0n) is 45.5. The molecule has 0 unspecified atom stereocenters. The minimum absolute atomic E-state index is 0.0746. The number of benzene rings is 8. The molecule has 12 nitrogen and oxygen atoms in total. The molecule has 2 aromatic heterocycles. The fourth-order valence-electron chi connectivity index (χ4n) is 8.45. The molecule has 82 heavy (non-hydrogen) atoms. The highest BCUT2D eigenvalue weighted by Gasteiger charge is 2.15. The van der Waals surface area contributed by atoms with Crippen molar-refractivity contribution < 1.29 is 48.2 Å². The van der Waals surface area contributed by atoms with Gasteiger partial charge in [-0.05, 0) is 93.1 Å². The Kier molecular flexibility index (Phi) is 21.6. The van der Waals surface area contributed by atoms with Gasteiger partial charge in [-0.25, -0.2) is 9.97 Å². The van der Waals surface area contributed by atoms with Gasteiger partial charge in [-0.3, -0.25) is 19.2 Å². The number of fused-ring (bicyclic) bond motifs is 2. The van der Waals surface area contributed by atoms with Crippen molar-refractivity contribution in [1.82, 2.24) is 9.97 Å². The van der Waals surface area contributed by atoms with E-state index >= 15 is 0 Å². The van der Waals surface area contributed by atoms with E-state index in [0.29, 0.717) is 79.4 Å². The van der Waals surface area contributed by atoms with Gasteiger partial charge in [0.2, 0.25) is 0 Å². The number of Topliss-reactive ketones (excluding diaryl/α,β-unsaturated/α-hetero) is 2. The highest BCUT2D eigenvalue weighted by molar-refractivity contribution is 9.10. The van der Waals surface area contributed by atoms with Crippen molar-refractivity contribution in [3.05, 3.63) is 268 Å². The first-order chi connectivity index (χ1) is 39.8. The summed E-state index contributed by atoms with van der Waals surface area (Å²) in [6, 6.07) is 69.2. The quantitative estimate of drug-likeness (QED) is 0.0421. The molecule has 0 saturated carbocycles. The summed E-state index contributed by atoms with van der Waals surface area (Å²) in [5.74, 6) is 0.657. The van der Waals surface area contributed by atoms with Crippen LogP contribution in [-0.4, -0.2) is 50.6 Å². The smallest absolute Gasteiger partial charge is 0.488 e. The van der Waals surface area contributed by atoms with Crippen LogP contribution in [0.5, 0.6) is 11.5 Å². The van der Waals surface area contributed by atoms with Crippen LogP contribution in [0.4, 0.5) is 0 Å². The van der Waals surface area contributed by atoms with Crippen LogP contribution in [0.15, 0.2) is 223 Å². The predicted molar refractivity (Wildman–Crippen MR) is 324 cm³/mol. The first kappa shape index (κ1) is 59.1. The number of rotatable bonds is 20. The number of hydrogen-bond acceptors (Lipinski definition) is 12. The number of esters is 2. The lowest BCUT2D eigenvalue weighted by Crippen LogP contribution is -2.29. The topological polar surface area (TPSA) is 171 Å². The molecule has 0 spiro atoms. The molecule has 10 rings (SSSR count). The largest absolute Gasteiger partial charge is 0.488 e. The average molecular weight is 1160 g/mol. The molecule has 10 aromatic rings. The lowest BCUT2D eigenvalue weighted by molar-refractivity contribution is -0.145. The Balaban J connectivity index is 0.000000174. The Hall–Kier alpha value is -9.08. The minimum Gasteiger partial charge on any atom is -0.488 e. The minimum atomic E-state index is -1.46. The molecule has 14 heteroatoms. The summed E-state index contributed by atoms with van der Waals surface area (Å²) in [6.07, 6.45) is 1.80. The van der Waals surface area contributed by atoms with Gasteiger partial charge in [0.05, 0.1) is 11.0 Å². The molecule has 0 bridgehead atoms. The maximum absolute atomic E-state index is 12.2. The number of nitrogens with zero attached hydrogens (tertiary/aromatic N) is 2. The molecule has 8 aromatic carbocycles. The van der Waals surface area contributed by atoms with Gasteiger partial charge in [0.15, 0.2) is 11.6 Å². The maximum atomic E-state index is 12.2. The molecule has 2 N–H and O–H groups in total. The number of ketones is 2. The van der Waals surface area contributed by atoms with E-state index in [1.807, 2.05) is 182 Å². The van der Waals surface area contributed by atoms with E-state index in [1.165, 1.54) is 13.8 Å². The molecule has 0 fully saturated rings. The van der Waals surface area contributed by atoms with E-state index in [2.05, 4.69) is 25.9 Å². The van der Waals surface area contributed by atoms with E-state index < -0.39 is 7.12 Å². The van der Waals surface area contributed by atoms with Crippen molar-refractivity contribution >= 4 is 73.8 Å². The van der Waals surface area contributed by atoms with Gasteiger partial charge in [-0.1, -0.05) is 192 Å². The number of halogens is 1. The molecule has 412 valence electrons. The van der Waals surface area contributed by atoms with Crippen LogP contribution >= 0.6 is 15.9 Å². The average Bonchev–Trinajstić information content (AvgIpc) is 3.65. The first-order valence-corrected chi connectivity index (χ1v) is 27.5. The summed E-state index contributed by atoms with van der Waals surface area (Å²) in [7, 11) is -1.46. The highest BCUT2D eigenvalue weighted by atomic mass is 79.9. The Morgan fingerprint density at radius 3 is 1.22 bits per heavy atom. The van der Waals surface area contributed by atoms with Crippen LogP contribution in [-0.2, 0) is 58.3 Å². The summed E-state index contributed by atoms with van der Waals surface area (Å²) >= 11 is 3.46. The summed E-state index contributed by atoms with van der Waals surface area (Å²) in [5, 5.41) is 19.7. The fourth-order valence-corrected chi connectivity index (χ4v) is 8.81. The number of carbonyl (C=O) groups excluding carboxylic acids is 4. The summed E-state index contributed by atoms with van der Waals surface area (Å²) in [5.41, 5.74) is 10.8. The molecule has 0 saturated heterocycles. The van der Waals surface area contributed by atoms with Gasteiger partial charge in [-0.2, -0.15) is 0 Å². The third-order valence-corrected chi connectivity index (χ3v) is 13.5. The zero-order valence-corrected chi connectivity index (χ0v) is 47.0. The summed E-state index contributed by atoms with van der Waals surface area (Å²) in [6.45, 7) is 4.44. The standard InChI is InChI=1S/C34H29NO4.C18H14BrNO2.C16H17BO4/c1-24(36)32-21-33(38-22-26-8-4-2-5-9-26)30-20-29(17-18-31(30)35-32)28-15-12-25(13-16-28)14-19-34(37)39-23-27-10-6-3-7-11-27;1-12(21)17-10-18(22-11-13-5-3-2-4-6-13)15-9-14(19)7-8-16(15)20-17;18-16(21-12-14-4-2-1-3-5-14)11-8-13-6-9-15(10-7-13)17(19)20/h2-13,15-18,20-21H,14,19,22-23H2,1H3;2-10H,11H2,1H3;1-7,9-10,19-20H,8,11-12H2. The molecular weight excluding hydrogens is 1100 g/mol. The van der Waals surface area contributed by atoms with Gasteiger partial charge in [0, 0.05) is 54.1 Å². The van der Waals surface area contributed by atoms with Crippen LogP contribution in [0.1, 0.15) is 81.0 Å². The zero-order chi connectivity index (χ0) is 57.6. The van der Waals surface area contributed by atoms with Gasteiger partial charge >= 0.3 is 19.1 Å². The molecule has 0 aliphatic rings. The molecule has 0 atom stereocenters. The second kappa shape index (κ2) is 29.9. The second-order valence-corrected chi connectivity index (χ2v) is 20.1.